The fourth-order valence-electron chi connectivity index (χ4n) is 3.48. The van der Waals surface area contributed by atoms with Gasteiger partial charge in [0.25, 0.3) is 11.1 Å². The van der Waals surface area contributed by atoms with E-state index in [1.807, 2.05) is 32.1 Å². The van der Waals surface area contributed by atoms with Crippen LogP contribution in [0.4, 0.5) is 4.79 Å². The molecule has 1 fully saturated rings. The third kappa shape index (κ3) is 3.38. The Morgan fingerprint density at radius 1 is 1.04 bits per heavy atom. The molecule has 28 heavy (non-hydrogen) atoms. The number of imide groups is 1. The Bertz CT molecular complexity index is 1090. The molecule has 0 bridgehead atoms. The summed E-state index contributed by atoms with van der Waals surface area (Å²) in [7, 11) is 0. The summed E-state index contributed by atoms with van der Waals surface area (Å²) in [5.74, 6) is -0.208. The number of amides is 2. The van der Waals surface area contributed by atoms with Crippen molar-refractivity contribution in [2.45, 2.75) is 33.4 Å². The summed E-state index contributed by atoms with van der Waals surface area (Å²) in [6, 6.07) is 16.5. The van der Waals surface area contributed by atoms with Gasteiger partial charge in [-0.25, -0.2) is 0 Å². The van der Waals surface area contributed by atoms with Crippen molar-refractivity contribution < 1.29 is 9.59 Å². The van der Waals surface area contributed by atoms with Gasteiger partial charge < -0.3 is 4.57 Å². The van der Waals surface area contributed by atoms with Gasteiger partial charge in [0.2, 0.25) is 0 Å². The second-order valence-electron chi connectivity index (χ2n) is 7.36. The lowest BCUT2D eigenvalue weighted by Crippen LogP contribution is -2.34. The van der Waals surface area contributed by atoms with Crippen molar-refractivity contribution in [1.82, 2.24) is 9.47 Å². The molecule has 142 valence electrons. The highest BCUT2D eigenvalue weighted by Crippen LogP contribution is 2.35. The second kappa shape index (κ2) is 7.32. The zero-order chi connectivity index (χ0) is 19.8. The Kier molecular flexibility index (Phi) is 4.85. The molecule has 1 aliphatic heterocycles. The Morgan fingerprint density at radius 3 is 2.43 bits per heavy atom. The van der Waals surface area contributed by atoms with E-state index in [4.69, 9.17) is 0 Å². The van der Waals surface area contributed by atoms with Gasteiger partial charge in [-0.15, -0.1) is 0 Å². The maximum Gasteiger partial charge on any atom is 0.293 e. The van der Waals surface area contributed by atoms with Crippen LogP contribution in [0.1, 0.15) is 30.5 Å². The fraction of sp³-hybridized carbons (Fsp3) is 0.217. The van der Waals surface area contributed by atoms with Crippen molar-refractivity contribution in [3.63, 3.8) is 0 Å². The summed E-state index contributed by atoms with van der Waals surface area (Å²) in [5.41, 5.74) is 4.52. The molecule has 4 rings (SSSR count). The van der Waals surface area contributed by atoms with Crippen LogP contribution in [0, 0.1) is 6.92 Å². The molecule has 2 aromatic carbocycles. The molecule has 0 spiro atoms. The molecule has 0 N–H and O–H groups in total. The van der Waals surface area contributed by atoms with Crippen molar-refractivity contribution in [3.05, 3.63) is 76.3 Å². The van der Waals surface area contributed by atoms with Crippen molar-refractivity contribution in [2.75, 3.05) is 0 Å². The lowest BCUT2D eigenvalue weighted by molar-refractivity contribution is -0.123. The average Bonchev–Trinajstić information content (AvgIpc) is 3.14. The van der Waals surface area contributed by atoms with Crippen LogP contribution in [-0.4, -0.2) is 26.7 Å². The number of rotatable bonds is 4. The van der Waals surface area contributed by atoms with Gasteiger partial charge in [-0.1, -0.05) is 48.0 Å². The van der Waals surface area contributed by atoms with Crippen LogP contribution in [-0.2, 0) is 11.3 Å². The number of benzene rings is 2. The van der Waals surface area contributed by atoms with E-state index >= 15 is 0 Å². The highest BCUT2D eigenvalue weighted by molar-refractivity contribution is 8.18. The number of thioether (sulfide) groups is 1. The zero-order valence-corrected chi connectivity index (χ0v) is 17.0. The number of fused-ring (bicyclic) bond motifs is 1. The van der Waals surface area contributed by atoms with Crippen molar-refractivity contribution in [3.8, 4) is 0 Å². The normalized spacial score (nSPS) is 16.1. The van der Waals surface area contributed by atoms with Crippen LogP contribution in [0.3, 0.4) is 0 Å². The van der Waals surface area contributed by atoms with Crippen LogP contribution < -0.4 is 0 Å². The van der Waals surface area contributed by atoms with E-state index in [0.29, 0.717) is 4.91 Å². The smallest absolute Gasteiger partial charge is 0.293 e. The number of para-hydroxylation sites is 1. The van der Waals surface area contributed by atoms with Crippen molar-refractivity contribution in [1.29, 1.82) is 0 Å². The molecular formula is C23H22N2O2S. The van der Waals surface area contributed by atoms with Crippen LogP contribution in [0.2, 0.25) is 0 Å². The molecular weight excluding hydrogens is 368 g/mol. The number of aryl methyl sites for hydroxylation is 1. The standard InChI is InChI=1S/C23H22N2O2S/c1-15(2)25-22(26)21(28-23(25)27)12-18-14-24(20-7-5-4-6-19(18)20)13-17-10-8-16(3)9-11-17/h4-12,14-15H,13H2,1-3H3/b21-12+. The minimum atomic E-state index is -0.208. The van der Waals surface area contributed by atoms with Crippen LogP contribution in [0.5, 0.6) is 0 Å². The van der Waals surface area contributed by atoms with E-state index in [1.165, 1.54) is 16.0 Å². The molecule has 3 aromatic rings. The van der Waals surface area contributed by atoms with Gasteiger partial charge in [0.1, 0.15) is 0 Å². The molecule has 0 radical (unpaired) electrons. The fourth-order valence-corrected chi connectivity index (χ4v) is 4.43. The first-order chi connectivity index (χ1) is 13.4. The minimum absolute atomic E-state index is 0.138. The molecule has 5 heteroatoms. The highest BCUT2D eigenvalue weighted by atomic mass is 32.2. The highest BCUT2D eigenvalue weighted by Gasteiger charge is 2.36. The Hall–Kier alpha value is -2.79. The van der Waals surface area contributed by atoms with E-state index in [0.717, 1.165) is 34.8 Å². The summed E-state index contributed by atoms with van der Waals surface area (Å²) < 4.78 is 2.19. The van der Waals surface area contributed by atoms with Crippen LogP contribution >= 0.6 is 11.8 Å². The van der Waals surface area contributed by atoms with E-state index in [9.17, 15) is 9.59 Å². The Balaban J connectivity index is 1.73. The van der Waals surface area contributed by atoms with E-state index in [-0.39, 0.29) is 17.2 Å². The topological polar surface area (TPSA) is 42.3 Å². The summed E-state index contributed by atoms with van der Waals surface area (Å²) >= 11 is 1.02. The number of aromatic nitrogens is 1. The van der Waals surface area contributed by atoms with E-state index in [2.05, 4.69) is 54.1 Å². The van der Waals surface area contributed by atoms with Gasteiger partial charge in [0.05, 0.1) is 4.91 Å². The monoisotopic (exact) mass is 390 g/mol. The SMILES string of the molecule is Cc1ccc(Cn2cc(/C=C3/SC(=O)N(C(C)C)C3=O)c3ccccc32)cc1. The molecule has 4 nitrogen and oxygen atoms in total. The third-order valence-corrected chi connectivity index (χ3v) is 5.80. The lowest BCUT2D eigenvalue weighted by Gasteiger charge is -2.16. The first-order valence-corrected chi connectivity index (χ1v) is 10.2. The van der Waals surface area contributed by atoms with Gasteiger partial charge in [-0.2, -0.15) is 0 Å². The molecule has 0 aliphatic carbocycles. The van der Waals surface area contributed by atoms with Gasteiger partial charge in [0, 0.05) is 35.2 Å². The molecule has 0 saturated carbocycles. The molecule has 1 saturated heterocycles. The molecule has 0 atom stereocenters. The predicted octanol–water partition coefficient (Wildman–Crippen LogP) is 5.44. The Labute approximate surface area is 168 Å². The maximum atomic E-state index is 12.6. The second-order valence-corrected chi connectivity index (χ2v) is 8.35. The van der Waals surface area contributed by atoms with E-state index in [1.54, 1.807) is 0 Å². The van der Waals surface area contributed by atoms with Gasteiger partial charge in [-0.3, -0.25) is 14.5 Å². The first-order valence-electron chi connectivity index (χ1n) is 9.34. The lowest BCUT2D eigenvalue weighted by atomic mass is 10.1. The Morgan fingerprint density at radius 2 is 1.75 bits per heavy atom. The van der Waals surface area contributed by atoms with Crippen LogP contribution in [0.15, 0.2) is 59.6 Å². The minimum Gasteiger partial charge on any atom is -0.342 e. The summed E-state index contributed by atoms with van der Waals surface area (Å²) in [5, 5.41) is 0.876. The average molecular weight is 391 g/mol. The number of nitrogens with zero attached hydrogens (tertiary/aromatic N) is 2. The molecule has 1 aromatic heterocycles. The van der Waals surface area contributed by atoms with Gasteiger partial charge >= 0.3 is 0 Å². The quantitative estimate of drug-likeness (QED) is 0.557. The van der Waals surface area contributed by atoms with Gasteiger partial charge in [-0.05, 0) is 50.2 Å². The molecule has 2 heterocycles. The third-order valence-electron chi connectivity index (χ3n) is 4.92. The number of hydrogen-bond acceptors (Lipinski definition) is 3. The zero-order valence-electron chi connectivity index (χ0n) is 16.2. The van der Waals surface area contributed by atoms with Gasteiger partial charge in [0.15, 0.2) is 0 Å². The van der Waals surface area contributed by atoms with Crippen molar-refractivity contribution >= 4 is 39.9 Å². The summed E-state index contributed by atoms with van der Waals surface area (Å²) in [6.07, 6.45) is 3.91. The summed E-state index contributed by atoms with van der Waals surface area (Å²) in [6.45, 7) is 6.54. The van der Waals surface area contributed by atoms with E-state index < -0.39 is 0 Å². The number of carbonyl (C=O) groups is 2. The maximum absolute atomic E-state index is 12.6. The molecule has 1 aliphatic rings. The van der Waals surface area contributed by atoms with Crippen molar-refractivity contribution in [2.24, 2.45) is 0 Å². The number of carbonyl (C=O) groups excluding carboxylic acids is 2. The predicted molar refractivity (Wildman–Crippen MR) is 115 cm³/mol. The molecule has 0 unspecified atom stereocenters. The summed E-state index contributed by atoms with van der Waals surface area (Å²) in [4.78, 5) is 26.6. The van der Waals surface area contributed by atoms with Crippen LogP contribution in [0.25, 0.3) is 17.0 Å². The molecule has 2 amide bonds. The number of hydrogen-bond donors (Lipinski definition) is 0. The largest absolute Gasteiger partial charge is 0.342 e. The first kappa shape index (κ1) is 18.6.